The minimum atomic E-state index is -0.497. The predicted octanol–water partition coefficient (Wildman–Crippen LogP) is 3.01. The molecule has 0 spiro atoms. The number of amides is 1. The SMILES string of the molecule is COC(=O)C1=C(NCc2ccccc2)C(=O)N(c2ccc(Br)cc2)C1. The maximum Gasteiger partial charge on any atom is 0.337 e. The van der Waals surface area contributed by atoms with Crippen LogP contribution in [0.1, 0.15) is 5.56 Å². The molecule has 6 heteroatoms. The molecule has 128 valence electrons. The molecule has 5 nitrogen and oxygen atoms in total. The topological polar surface area (TPSA) is 58.6 Å². The van der Waals surface area contributed by atoms with E-state index in [1.165, 1.54) is 7.11 Å². The normalized spacial score (nSPS) is 14.0. The van der Waals surface area contributed by atoms with Gasteiger partial charge in [-0.15, -0.1) is 0 Å². The molecule has 1 heterocycles. The van der Waals surface area contributed by atoms with Crippen molar-refractivity contribution in [3.05, 3.63) is 75.9 Å². The van der Waals surface area contributed by atoms with Crippen molar-refractivity contribution in [1.29, 1.82) is 0 Å². The number of esters is 1. The van der Waals surface area contributed by atoms with Crippen LogP contribution in [0.15, 0.2) is 70.3 Å². The van der Waals surface area contributed by atoms with E-state index in [-0.39, 0.29) is 12.5 Å². The van der Waals surface area contributed by atoms with Crippen LogP contribution >= 0.6 is 15.9 Å². The molecule has 25 heavy (non-hydrogen) atoms. The van der Waals surface area contributed by atoms with Crippen molar-refractivity contribution in [2.24, 2.45) is 0 Å². The van der Waals surface area contributed by atoms with Gasteiger partial charge in [0.1, 0.15) is 5.70 Å². The number of methoxy groups -OCH3 is 1. The number of benzene rings is 2. The summed E-state index contributed by atoms with van der Waals surface area (Å²) in [5.41, 5.74) is 2.38. The maximum atomic E-state index is 12.8. The maximum absolute atomic E-state index is 12.8. The Labute approximate surface area is 154 Å². The molecular formula is C19H17BrN2O3. The van der Waals surface area contributed by atoms with Crippen LogP contribution in [0.5, 0.6) is 0 Å². The third-order valence-electron chi connectivity index (χ3n) is 3.96. The van der Waals surface area contributed by atoms with Crippen LogP contribution in [0.4, 0.5) is 5.69 Å². The Hall–Kier alpha value is -2.60. The van der Waals surface area contributed by atoms with Gasteiger partial charge in [0.15, 0.2) is 0 Å². The number of ether oxygens (including phenoxy) is 1. The molecule has 0 atom stereocenters. The summed E-state index contributed by atoms with van der Waals surface area (Å²) in [5, 5.41) is 3.10. The lowest BCUT2D eigenvalue weighted by Crippen LogP contribution is -2.30. The molecule has 0 saturated carbocycles. The summed E-state index contributed by atoms with van der Waals surface area (Å²) in [7, 11) is 1.32. The quantitative estimate of drug-likeness (QED) is 0.783. The van der Waals surface area contributed by atoms with E-state index in [1.54, 1.807) is 4.90 Å². The van der Waals surface area contributed by atoms with Crippen LogP contribution in [0.2, 0.25) is 0 Å². The fourth-order valence-electron chi connectivity index (χ4n) is 2.66. The van der Waals surface area contributed by atoms with Crippen molar-refractivity contribution >= 4 is 33.5 Å². The highest BCUT2D eigenvalue weighted by molar-refractivity contribution is 9.10. The van der Waals surface area contributed by atoms with Crippen LogP contribution in [0.25, 0.3) is 0 Å². The largest absolute Gasteiger partial charge is 0.466 e. The van der Waals surface area contributed by atoms with Crippen molar-refractivity contribution in [2.45, 2.75) is 6.54 Å². The average molecular weight is 401 g/mol. The van der Waals surface area contributed by atoms with Gasteiger partial charge in [0, 0.05) is 16.7 Å². The highest BCUT2D eigenvalue weighted by Gasteiger charge is 2.35. The second-order valence-corrected chi connectivity index (χ2v) is 6.47. The molecule has 0 unspecified atom stereocenters. The number of rotatable bonds is 5. The molecular weight excluding hydrogens is 384 g/mol. The minimum Gasteiger partial charge on any atom is -0.466 e. The molecule has 0 fully saturated rings. The van der Waals surface area contributed by atoms with Gasteiger partial charge in [-0.3, -0.25) is 4.79 Å². The highest BCUT2D eigenvalue weighted by Crippen LogP contribution is 2.26. The molecule has 1 aliphatic rings. The van der Waals surface area contributed by atoms with Crippen molar-refractivity contribution in [1.82, 2.24) is 5.32 Å². The van der Waals surface area contributed by atoms with Gasteiger partial charge in [-0.1, -0.05) is 46.3 Å². The summed E-state index contributed by atoms with van der Waals surface area (Å²) >= 11 is 3.38. The van der Waals surface area contributed by atoms with E-state index in [2.05, 4.69) is 21.2 Å². The first kappa shape index (κ1) is 17.2. The summed E-state index contributed by atoms with van der Waals surface area (Å²) in [6.07, 6.45) is 0. The Morgan fingerprint density at radius 3 is 2.48 bits per heavy atom. The summed E-state index contributed by atoms with van der Waals surface area (Å²) in [4.78, 5) is 26.5. The van der Waals surface area contributed by atoms with Gasteiger partial charge in [0.2, 0.25) is 0 Å². The third-order valence-corrected chi connectivity index (χ3v) is 4.49. The lowest BCUT2D eigenvalue weighted by atomic mass is 10.2. The number of anilines is 1. The lowest BCUT2D eigenvalue weighted by Gasteiger charge is -2.17. The van der Waals surface area contributed by atoms with Gasteiger partial charge >= 0.3 is 5.97 Å². The summed E-state index contributed by atoms with van der Waals surface area (Å²) in [5.74, 6) is -0.734. The van der Waals surface area contributed by atoms with E-state index in [0.717, 1.165) is 15.7 Å². The second-order valence-electron chi connectivity index (χ2n) is 5.55. The Kier molecular flexibility index (Phi) is 5.19. The minimum absolute atomic E-state index is 0.185. The zero-order valence-electron chi connectivity index (χ0n) is 13.7. The van der Waals surface area contributed by atoms with Gasteiger partial charge in [-0.05, 0) is 29.8 Å². The van der Waals surface area contributed by atoms with Crippen LogP contribution in [0.3, 0.4) is 0 Å². The molecule has 0 bridgehead atoms. The zero-order chi connectivity index (χ0) is 17.8. The zero-order valence-corrected chi connectivity index (χ0v) is 15.2. The van der Waals surface area contributed by atoms with E-state index >= 15 is 0 Å². The van der Waals surface area contributed by atoms with E-state index in [0.29, 0.717) is 17.8 Å². The van der Waals surface area contributed by atoms with Gasteiger partial charge in [0.05, 0.1) is 19.2 Å². The summed E-state index contributed by atoms with van der Waals surface area (Å²) in [6, 6.07) is 17.1. The van der Waals surface area contributed by atoms with Crippen LogP contribution in [-0.2, 0) is 20.9 Å². The number of nitrogens with zero attached hydrogens (tertiary/aromatic N) is 1. The van der Waals surface area contributed by atoms with Gasteiger partial charge in [-0.25, -0.2) is 4.79 Å². The van der Waals surface area contributed by atoms with Gasteiger partial charge < -0.3 is 15.0 Å². The number of hydrogen-bond acceptors (Lipinski definition) is 4. The lowest BCUT2D eigenvalue weighted by molar-refractivity contribution is -0.136. The fourth-order valence-corrected chi connectivity index (χ4v) is 2.93. The van der Waals surface area contributed by atoms with Gasteiger partial charge in [0.25, 0.3) is 5.91 Å². The number of carbonyl (C=O) groups excluding carboxylic acids is 2. The van der Waals surface area contributed by atoms with Crippen molar-refractivity contribution in [3.63, 3.8) is 0 Å². The number of nitrogens with one attached hydrogen (secondary N) is 1. The molecule has 1 amide bonds. The molecule has 1 aliphatic heterocycles. The van der Waals surface area contributed by atoms with Crippen LogP contribution in [-0.4, -0.2) is 25.5 Å². The van der Waals surface area contributed by atoms with E-state index in [9.17, 15) is 9.59 Å². The van der Waals surface area contributed by atoms with Crippen LogP contribution in [0, 0.1) is 0 Å². The number of halogens is 1. The van der Waals surface area contributed by atoms with E-state index in [1.807, 2.05) is 54.6 Å². The fraction of sp³-hybridized carbons (Fsp3) is 0.158. The average Bonchev–Trinajstić information content (AvgIpc) is 2.97. The summed E-state index contributed by atoms with van der Waals surface area (Å²) in [6.45, 7) is 0.640. The van der Waals surface area contributed by atoms with E-state index < -0.39 is 5.97 Å². The Balaban J connectivity index is 1.84. The first-order valence-electron chi connectivity index (χ1n) is 7.77. The monoisotopic (exact) mass is 400 g/mol. The summed E-state index contributed by atoms with van der Waals surface area (Å²) < 4.78 is 5.77. The first-order chi connectivity index (χ1) is 12.1. The van der Waals surface area contributed by atoms with Crippen molar-refractivity contribution < 1.29 is 14.3 Å². The molecule has 3 rings (SSSR count). The number of carbonyl (C=O) groups is 2. The van der Waals surface area contributed by atoms with Gasteiger partial charge in [-0.2, -0.15) is 0 Å². The second kappa shape index (κ2) is 7.53. The Bertz CT molecular complexity index is 816. The third kappa shape index (κ3) is 3.74. The first-order valence-corrected chi connectivity index (χ1v) is 8.56. The molecule has 0 aliphatic carbocycles. The molecule has 0 aromatic heterocycles. The molecule has 2 aromatic rings. The molecule has 0 radical (unpaired) electrons. The predicted molar refractivity (Wildman–Crippen MR) is 98.8 cm³/mol. The standard InChI is InChI=1S/C19H17BrN2O3/c1-25-19(24)16-12-22(15-9-7-14(20)8-10-15)18(23)17(16)21-11-13-5-3-2-4-6-13/h2-10,21H,11-12H2,1H3. The molecule has 2 aromatic carbocycles. The van der Waals surface area contributed by atoms with Crippen LogP contribution < -0.4 is 10.2 Å². The smallest absolute Gasteiger partial charge is 0.337 e. The number of hydrogen-bond donors (Lipinski definition) is 1. The Morgan fingerprint density at radius 1 is 1.16 bits per heavy atom. The van der Waals surface area contributed by atoms with Crippen molar-refractivity contribution in [3.8, 4) is 0 Å². The van der Waals surface area contributed by atoms with Crippen molar-refractivity contribution in [2.75, 3.05) is 18.6 Å². The van der Waals surface area contributed by atoms with E-state index in [4.69, 9.17) is 4.74 Å². The molecule has 0 saturated heterocycles. The molecule has 1 N–H and O–H groups in total. The Morgan fingerprint density at radius 2 is 1.84 bits per heavy atom. The highest BCUT2D eigenvalue weighted by atomic mass is 79.9.